The summed E-state index contributed by atoms with van der Waals surface area (Å²) < 4.78 is 33.3. The lowest BCUT2D eigenvalue weighted by molar-refractivity contribution is -0.133. The Morgan fingerprint density at radius 1 is 0.912 bits per heavy atom. The molecule has 0 spiro atoms. The van der Waals surface area contributed by atoms with Crippen LogP contribution in [0.15, 0.2) is 83.8 Å². The first-order valence-corrected chi connectivity index (χ1v) is 12.3. The Bertz CT molecular complexity index is 1240. The van der Waals surface area contributed by atoms with Gasteiger partial charge in [0.25, 0.3) is 15.9 Å². The first-order valence-electron chi connectivity index (χ1n) is 10.9. The van der Waals surface area contributed by atoms with E-state index in [9.17, 15) is 18.0 Å². The molecule has 3 aromatic carbocycles. The maximum atomic E-state index is 13.4. The van der Waals surface area contributed by atoms with E-state index in [-0.39, 0.29) is 22.9 Å². The van der Waals surface area contributed by atoms with Gasteiger partial charge in [-0.05, 0) is 49.2 Å². The summed E-state index contributed by atoms with van der Waals surface area (Å²) in [7, 11) is -2.29. The van der Waals surface area contributed by atoms with Gasteiger partial charge in [-0.25, -0.2) is 13.2 Å². The highest BCUT2D eigenvalue weighted by Crippen LogP contribution is 2.26. The van der Waals surface area contributed by atoms with Crippen LogP contribution >= 0.6 is 0 Å². The topological polar surface area (TPSA) is 84.0 Å². The Labute approximate surface area is 200 Å². The van der Waals surface area contributed by atoms with Crippen molar-refractivity contribution in [2.75, 3.05) is 24.5 Å². The highest BCUT2D eigenvalue weighted by Gasteiger charge is 2.26. The number of ether oxygens (including phenoxy) is 1. The number of likely N-dealkylation sites (N-methyl/N-ethyl adjacent to an activating group) is 1. The predicted octanol–water partition coefficient (Wildman–Crippen LogP) is 4.03. The summed E-state index contributed by atoms with van der Waals surface area (Å²) in [5, 5.41) is 0. The molecule has 7 nitrogen and oxygen atoms in total. The standard InChI is InChI=1S/C26H28N2O5S/c1-4-28(23-13-9-6-10-14-23)34(31,32)24-17-22(16-15-20(24)2)26(30)33-19-25(29)27(3)18-21-11-7-5-8-12-21/h5-17H,4,18-19H2,1-3H3. The summed E-state index contributed by atoms with van der Waals surface area (Å²) in [4.78, 5) is 26.5. The molecule has 0 saturated heterocycles. The number of rotatable bonds is 9. The van der Waals surface area contributed by atoms with E-state index in [0.717, 1.165) is 5.56 Å². The first-order chi connectivity index (χ1) is 16.2. The molecule has 0 aliphatic carbocycles. The van der Waals surface area contributed by atoms with Gasteiger partial charge in [-0.2, -0.15) is 0 Å². The van der Waals surface area contributed by atoms with Crippen LogP contribution in [0.3, 0.4) is 0 Å². The van der Waals surface area contributed by atoms with E-state index < -0.39 is 22.6 Å². The van der Waals surface area contributed by atoms with Gasteiger partial charge in [-0.15, -0.1) is 0 Å². The largest absolute Gasteiger partial charge is 0.452 e. The third kappa shape index (κ3) is 5.82. The zero-order valence-corrected chi connectivity index (χ0v) is 20.3. The van der Waals surface area contributed by atoms with Crippen LogP contribution in [-0.4, -0.2) is 45.4 Å². The monoisotopic (exact) mass is 480 g/mol. The molecule has 0 aliphatic rings. The van der Waals surface area contributed by atoms with Crippen LogP contribution < -0.4 is 4.31 Å². The molecule has 0 aliphatic heterocycles. The number of hydrogen-bond acceptors (Lipinski definition) is 5. The summed E-state index contributed by atoms with van der Waals surface area (Å²) in [6.07, 6.45) is 0. The van der Waals surface area contributed by atoms with Gasteiger partial charge in [-0.1, -0.05) is 54.6 Å². The van der Waals surface area contributed by atoms with Gasteiger partial charge in [0.1, 0.15) is 0 Å². The number of carbonyl (C=O) groups is 2. The van der Waals surface area contributed by atoms with Crippen molar-refractivity contribution in [2.24, 2.45) is 0 Å². The summed E-state index contributed by atoms with van der Waals surface area (Å²) in [6, 6.07) is 22.6. The molecule has 178 valence electrons. The van der Waals surface area contributed by atoms with Crippen LogP contribution in [0, 0.1) is 6.92 Å². The SMILES string of the molecule is CCN(c1ccccc1)S(=O)(=O)c1cc(C(=O)OCC(=O)N(C)Cc2ccccc2)ccc1C. The lowest BCUT2D eigenvalue weighted by Gasteiger charge is -2.24. The van der Waals surface area contributed by atoms with Gasteiger partial charge in [0, 0.05) is 20.1 Å². The minimum Gasteiger partial charge on any atom is -0.452 e. The lowest BCUT2D eigenvalue weighted by Crippen LogP contribution is -2.32. The highest BCUT2D eigenvalue weighted by atomic mass is 32.2. The van der Waals surface area contributed by atoms with E-state index in [1.165, 1.54) is 21.3 Å². The highest BCUT2D eigenvalue weighted by molar-refractivity contribution is 7.92. The third-order valence-electron chi connectivity index (χ3n) is 5.34. The van der Waals surface area contributed by atoms with Crippen molar-refractivity contribution in [3.8, 4) is 0 Å². The van der Waals surface area contributed by atoms with Gasteiger partial charge >= 0.3 is 5.97 Å². The number of amides is 1. The van der Waals surface area contributed by atoms with Crippen molar-refractivity contribution < 1.29 is 22.7 Å². The Balaban J connectivity index is 1.73. The van der Waals surface area contributed by atoms with Crippen molar-refractivity contribution in [2.45, 2.75) is 25.3 Å². The third-order valence-corrected chi connectivity index (χ3v) is 7.38. The van der Waals surface area contributed by atoms with Crippen LogP contribution in [-0.2, 0) is 26.1 Å². The van der Waals surface area contributed by atoms with E-state index in [1.54, 1.807) is 51.2 Å². The summed E-state index contributed by atoms with van der Waals surface area (Å²) >= 11 is 0. The Kier molecular flexibility index (Phi) is 8.07. The molecular weight excluding hydrogens is 452 g/mol. The summed E-state index contributed by atoms with van der Waals surface area (Å²) in [5.74, 6) is -1.13. The molecule has 34 heavy (non-hydrogen) atoms. The lowest BCUT2D eigenvalue weighted by atomic mass is 10.1. The molecule has 0 atom stereocenters. The second kappa shape index (κ2) is 11.0. The molecule has 0 heterocycles. The molecule has 0 radical (unpaired) electrons. The van der Waals surface area contributed by atoms with E-state index in [4.69, 9.17) is 4.74 Å². The fourth-order valence-electron chi connectivity index (χ4n) is 3.48. The average Bonchev–Trinajstić information content (AvgIpc) is 2.84. The van der Waals surface area contributed by atoms with E-state index in [1.807, 2.05) is 36.4 Å². The van der Waals surface area contributed by atoms with Crippen LogP contribution in [0.5, 0.6) is 0 Å². The quantitative estimate of drug-likeness (QED) is 0.432. The molecule has 0 saturated carbocycles. The van der Waals surface area contributed by atoms with E-state index >= 15 is 0 Å². The molecule has 8 heteroatoms. The van der Waals surface area contributed by atoms with Crippen LogP contribution in [0.2, 0.25) is 0 Å². The van der Waals surface area contributed by atoms with Gasteiger partial charge in [0.15, 0.2) is 6.61 Å². The van der Waals surface area contributed by atoms with Crippen molar-refractivity contribution in [1.29, 1.82) is 0 Å². The maximum Gasteiger partial charge on any atom is 0.338 e. The number of benzene rings is 3. The first kappa shape index (κ1) is 25.0. The van der Waals surface area contributed by atoms with Crippen LogP contribution in [0.1, 0.15) is 28.4 Å². The molecular formula is C26H28N2O5S. The smallest absolute Gasteiger partial charge is 0.338 e. The van der Waals surface area contributed by atoms with Gasteiger partial charge in [-0.3, -0.25) is 9.10 Å². The molecule has 1 amide bonds. The van der Waals surface area contributed by atoms with Crippen LogP contribution in [0.25, 0.3) is 0 Å². The number of para-hydroxylation sites is 1. The normalized spacial score (nSPS) is 11.0. The zero-order chi connectivity index (χ0) is 24.7. The molecule has 3 aromatic rings. The number of hydrogen-bond donors (Lipinski definition) is 0. The van der Waals surface area contributed by atoms with Crippen molar-refractivity contribution in [3.05, 3.63) is 95.6 Å². The number of esters is 1. The molecule has 0 aromatic heterocycles. The second-order valence-corrected chi connectivity index (χ2v) is 9.63. The number of sulfonamides is 1. The number of aryl methyl sites for hydroxylation is 1. The molecule has 0 unspecified atom stereocenters. The molecule has 0 fully saturated rings. The second-order valence-electron chi connectivity index (χ2n) is 7.80. The Morgan fingerprint density at radius 2 is 1.53 bits per heavy atom. The van der Waals surface area contributed by atoms with Gasteiger partial charge < -0.3 is 9.64 Å². The minimum absolute atomic E-state index is 0.0141. The average molecular weight is 481 g/mol. The zero-order valence-electron chi connectivity index (χ0n) is 19.5. The molecule has 0 N–H and O–H groups in total. The van der Waals surface area contributed by atoms with Crippen LogP contribution in [0.4, 0.5) is 5.69 Å². The maximum absolute atomic E-state index is 13.4. The summed E-state index contributed by atoms with van der Waals surface area (Å²) in [5.41, 5.74) is 2.05. The fraction of sp³-hybridized carbons (Fsp3) is 0.231. The predicted molar refractivity (Wildman–Crippen MR) is 131 cm³/mol. The Morgan fingerprint density at radius 3 is 2.15 bits per heavy atom. The molecule has 3 rings (SSSR count). The van der Waals surface area contributed by atoms with Crippen molar-refractivity contribution in [3.63, 3.8) is 0 Å². The number of nitrogens with zero attached hydrogens (tertiary/aromatic N) is 2. The number of anilines is 1. The van der Waals surface area contributed by atoms with Crippen molar-refractivity contribution in [1.82, 2.24) is 4.90 Å². The van der Waals surface area contributed by atoms with E-state index in [0.29, 0.717) is 17.8 Å². The molecule has 0 bridgehead atoms. The Hall–Kier alpha value is -3.65. The van der Waals surface area contributed by atoms with Gasteiger partial charge in [0.05, 0.1) is 16.1 Å². The van der Waals surface area contributed by atoms with E-state index in [2.05, 4.69) is 0 Å². The van der Waals surface area contributed by atoms with Crippen molar-refractivity contribution >= 4 is 27.6 Å². The van der Waals surface area contributed by atoms with Gasteiger partial charge in [0.2, 0.25) is 0 Å². The minimum atomic E-state index is -3.92. The fourth-order valence-corrected chi connectivity index (χ4v) is 5.20. The summed E-state index contributed by atoms with van der Waals surface area (Å²) in [6.45, 7) is 3.58. The number of carbonyl (C=O) groups excluding carboxylic acids is 2.